The number of esters is 1. The summed E-state index contributed by atoms with van der Waals surface area (Å²) in [5, 5.41) is 0. The summed E-state index contributed by atoms with van der Waals surface area (Å²) in [6, 6.07) is 7.51. The SMILES string of the molecule is CCOC(=O)c1ccc(CCCCC(Br)C=O)cc1. The molecule has 0 spiro atoms. The van der Waals surface area contributed by atoms with Crippen LogP contribution in [0.15, 0.2) is 24.3 Å². The second kappa shape index (κ2) is 8.86. The van der Waals surface area contributed by atoms with Crippen LogP contribution < -0.4 is 0 Å². The molecule has 104 valence electrons. The Morgan fingerprint density at radius 2 is 2.00 bits per heavy atom. The summed E-state index contributed by atoms with van der Waals surface area (Å²) in [7, 11) is 0. The first-order valence-electron chi connectivity index (χ1n) is 6.52. The third kappa shape index (κ3) is 6.01. The van der Waals surface area contributed by atoms with Gasteiger partial charge >= 0.3 is 5.97 Å². The summed E-state index contributed by atoms with van der Waals surface area (Å²) < 4.78 is 4.93. The number of aldehydes is 1. The highest BCUT2D eigenvalue weighted by Crippen LogP contribution is 2.12. The number of hydrogen-bond donors (Lipinski definition) is 0. The molecular weight excluding hydrogens is 308 g/mol. The van der Waals surface area contributed by atoms with E-state index < -0.39 is 0 Å². The molecule has 0 heterocycles. The maximum atomic E-state index is 11.5. The van der Waals surface area contributed by atoms with E-state index in [2.05, 4.69) is 15.9 Å². The number of carbonyl (C=O) groups is 2. The molecule has 1 atom stereocenters. The second-order valence-electron chi connectivity index (χ2n) is 4.32. The number of hydrogen-bond acceptors (Lipinski definition) is 3. The lowest BCUT2D eigenvalue weighted by molar-refractivity contribution is -0.107. The topological polar surface area (TPSA) is 43.4 Å². The Labute approximate surface area is 122 Å². The molecule has 0 saturated carbocycles. The van der Waals surface area contributed by atoms with Crippen LogP contribution in [0.1, 0.15) is 42.1 Å². The molecule has 1 aromatic rings. The van der Waals surface area contributed by atoms with Gasteiger partial charge in [-0.1, -0.05) is 34.5 Å². The van der Waals surface area contributed by atoms with Crippen LogP contribution in [0.3, 0.4) is 0 Å². The lowest BCUT2D eigenvalue weighted by atomic mass is 10.0. The Hall–Kier alpha value is -1.16. The van der Waals surface area contributed by atoms with Crippen molar-refractivity contribution < 1.29 is 14.3 Å². The third-order valence-corrected chi connectivity index (χ3v) is 3.48. The summed E-state index contributed by atoms with van der Waals surface area (Å²) in [4.78, 5) is 21.9. The fourth-order valence-electron chi connectivity index (χ4n) is 1.76. The molecular formula is C15H19BrO3. The molecule has 0 radical (unpaired) electrons. The monoisotopic (exact) mass is 326 g/mol. The Morgan fingerprint density at radius 1 is 1.32 bits per heavy atom. The highest BCUT2D eigenvalue weighted by atomic mass is 79.9. The van der Waals surface area contributed by atoms with Gasteiger partial charge in [0.05, 0.1) is 17.0 Å². The summed E-state index contributed by atoms with van der Waals surface area (Å²) in [5.41, 5.74) is 1.79. The average Bonchev–Trinajstić information content (AvgIpc) is 2.44. The molecule has 0 amide bonds. The van der Waals surface area contributed by atoms with Gasteiger partial charge in [-0.05, 0) is 43.9 Å². The number of halogens is 1. The van der Waals surface area contributed by atoms with Gasteiger partial charge < -0.3 is 9.53 Å². The first kappa shape index (κ1) is 15.9. The molecule has 0 bridgehead atoms. The van der Waals surface area contributed by atoms with E-state index >= 15 is 0 Å². The minimum Gasteiger partial charge on any atom is -0.462 e. The van der Waals surface area contributed by atoms with E-state index in [1.807, 2.05) is 12.1 Å². The normalized spacial score (nSPS) is 11.9. The Kier molecular flexibility index (Phi) is 7.41. The largest absolute Gasteiger partial charge is 0.462 e. The van der Waals surface area contributed by atoms with Crippen molar-refractivity contribution in [2.75, 3.05) is 6.61 Å². The molecule has 0 N–H and O–H groups in total. The number of alkyl halides is 1. The van der Waals surface area contributed by atoms with Crippen molar-refractivity contribution in [1.82, 2.24) is 0 Å². The van der Waals surface area contributed by atoms with Gasteiger partial charge in [-0.3, -0.25) is 0 Å². The first-order chi connectivity index (χ1) is 9.17. The number of benzene rings is 1. The highest BCUT2D eigenvalue weighted by Gasteiger charge is 2.05. The first-order valence-corrected chi connectivity index (χ1v) is 7.44. The molecule has 0 saturated heterocycles. The Bertz CT molecular complexity index is 400. The van der Waals surface area contributed by atoms with Gasteiger partial charge in [-0.2, -0.15) is 0 Å². The molecule has 1 rings (SSSR count). The fraction of sp³-hybridized carbons (Fsp3) is 0.467. The van der Waals surface area contributed by atoms with E-state index in [1.54, 1.807) is 19.1 Å². The zero-order valence-electron chi connectivity index (χ0n) is 11.1. The van der Waals surface area contributed by atoms with Gasteiger partial charge in [0.2, 0.25) is 0 Å². The zero-order chi connectivity index (χ0) is 14.1. The summed E-state index contributed by atoms with van der Waals surface area (Å²) in [5.74, 6) is -0.276. The molecule has 19 heavy (non-hydrogen) atoms. The maximum Gasteiger partial charge on any atom is 0.338 e. The number of aryl methyl sites for hydroxylation is 1. The molecule has 1 unspecified atom stereocenters. The van der Waals surface area contributed by atoms with E-state index in [4.69, 9.17) is 4.74 Å². The van der Waals surface area contributed by atoms with E-state index in [0.29, 0.717) is 12.2 Å². The number of carbonyl (C=O) groups excluding carboxylic acids is 2. The predicted octanol–water partition coefficient (Wildman–Crippen LogP) is 3.54. The van der Waals surface area contributed by atoms with Crippen LogP contribution in [-0.2, 0) is 16.0 Å². The smallest absolute Gasteiger partial charge is 0.338 e. The van der Waals surface area contributed by atoms with Gasteiger partial charge in [0.1, 0.15) is 6.29 Å². The van der Waals surface area contributed by atoms with Crippen LogP contribution in [0.25, 0.3) is 0 Å². The quantitative estimate of drug-likeness (QED) is 0.317. The predicted molar refractivity (Wildman–Crippen MR) is 78.7 cm³/mol. The molecule has 0 aromatic heterocycles. The zero-order valence-corrected chi connectivity index (χ0v) is 12.7. The molecule has 0 aliphatic rings. The van der Waals surface area contributed by atoms with Crippen LogP contribution in [0.4, 0.5) is 0 Å². The number of unbranched alkanes of at least 4 members (excludes halogenated alkanes) is 1. The van der Waals surface area contributed by atoms with Gasteiger partial charge in [0.15, 0.2) is 0 Å². The van der Waals surface area contributed by atoms with Gasteiger partial charge in [0, 0.05) is 0 Å². The van der Waals surface area contributed by atoms with E-state index in [0.717, 1.165) is 32.0 Å². The van der Waals surface area contributed by atoms with Crippen LogP contribution >= 0.6 is 15.9 Å². The van der Waals surface area contributed by atoms with Crippen molar-refractivity contribution in [2.24, 2.45) is 0 Å². The van der Waals surface area contributed by atoms with Crippen molar-refractivity contribution in [1.29, 1.82) is 0 Å². The summed E-state index contributed by atoms with van der Waals surface area (Å²) in [6.07, 6.45) is 4.79. The van der Waals surface area contributed by atoms with Crippen LogP contribution in [-0.4, -0.2) is 23.7 Å². The average molecular weight is 327 g/mol. The minimum atomic E-state index is -0.276. The molecule has 0 aliphatic carbocycles. The fourth-order valence-corrected chi connectivity index (χ4v) is 2.08. The molecule has 1 aromatic carbocycles. The highest BCUT2D eigenvalue weighted by molar-refractivity contribution is 9.09. The molecule has 0 aliphatic heterocycles. The molecule has 4 heteroatoms. The van der Waals surface area contributed by atoms with Crippen molar-refractivity contribution in [3.63, 3.8) is 0 Å². The third-order valence-electron chi connectivity index (χ3n) is 2.81. The summed E-state index contributed by atoms with van der Waals surface area (Å²) >= 11 is 3.28. The lowest BCUT2D eigenvalue weighted by Crippen LogP contribution is -2.04. The second-order valence-corrected chi connectivity index (χ2v) is 5.49. The molecule has 0 fully saturated rings. The van der Waals surface area contributed by atoms with E-state index in [-0.39, 0.29) is 10.8 Å². The maximum absolute atomic E-state index is 11.5. The van der Waals surface area contributed by atoms with Crippen molar-refractivity contribution in [3.8, 4) is 0 Å². The summed E-state index contributed by atoms with van der Waals surface area (Å²) in [6.45, 7) is 2.19. The van der Waals surface area contributed by atoms with Crippen molar-refractivity contribution >= 4 is 28.2 Å². The van der Waals surface area contributed by atoms with Crippen LogP contribution in [0.2, 0.25) is 0 Å². The van der Waals surface area contributed by atoms with Crippen molar-refractivity contribution in [2.45, 2.75) is 37.4 Å². The van der Waals surface area contributed by atoms with Crippen LogP contribution in [0, 0.1) is 0 Å². The van der Waals surface area contributed by atoms with Gasteiger partial charge in [0.25, 0.3) is 0 Å². The lowest BCUT2D eigenvalue weighted by Gasteiger charge is -2.05. The standard InChI is InChI=1S/C15H19BrO3/c1-2-19-15(18)13-9-7-12(8-10-13)5-3-4-6-14(16)11-17/h7-11,14H,2-6H2,1H3. The Balaban J connectivity index is 2.36. The number of rotatable bonds is 8. The van der Waals surface area contributed by atoms with E-state index in [1.165, 1.54) is 5.56 Å². The van der Waals surface area contributed by atoms with Gasteiger partial charge in [-0.15, -0.1) is 0 Å². The molecule has 3 nitrogen and oxygen atoms in total. The minimum absolute atomic E-state index is 0.0290. The van der Waals surface area contributed by atoms with E-state index in [9.17, 15) is 9.59 Å². The van der Waals surface area contributed by atoms with Gasteiger partial charge in [-0.25, -0.2) is 4.79 Å². The Morgan fingerprint density at radius 3 is 2.58 bits per heavy atom. The van der Waals surface area contributed by atoms with Crippen molar-refractivity contribution in [3.05, 3.63) is 35.4 Å². The number of ether oxygens (including phenoxy) is 1. The van der Waals surface area contributed by atoms with Crippen LogP contribution in [0.5, 0.6) is 0 Å².